The number of aromatic nitrogens is 2. The lowest BCUT2D eigenvalue weighted by Gasteiger charge is -2.08. The molecule has 0 fully saturated rings. The Morgan fingerprint density at radius 3 is 2.59 bits per heavy atom. The number of fused-ring (bicyclic) bond motifs is 1. The van der Waals surface area contributed by atoms with Gasteiger partial charge in [0.1, 0.15) is 11.4 Å². The zero-order valence-electron chi connectivity index (χ0n) is 18.2. The molecule has 34 heavy (non-hydrogen) atoms. The largest absolute Gasteiger partial charge is 0.463 e. The summed E-state index contributed by atoms with van der Waals surface area (Å²) in [7, 11) is 0. The topological polar surface area (TPSA) is 90.3 Å². The second-order valence-electron chi connectivity index (χ2n) is 7.27. The van der Waals surface area contributed by atoms with Crippen LogP contribution in [0, 0.1) is 0 Å². The SMILES string of the molecule is CCOC(=O)/C=C/c1ccc(NC(=O)Cn2cnc3scc(-c4ccc(Cl)cc4)c3c2=O)cc1. The van der Waals surface area contributed by atoms with Gasteiger partial charge in [-0.1, -0.05) is 35.9 Å². The van der Waals surface area contributed by atoms with E-state index < -0.39 is 5.97 Å². The number of nitrogens with zero attached hydrogens (tertiary/aromatic N) is 2. The van der Waals surface area contributed by atoms with E-state index in [1.165, 1.54) is 28.3 Å². The van der Waals surface area contributed by atoms with E-state index in [4.69, 9.17) is 16.3 Å². The van der Waals surface area contributed by atoms with Crippen LogP contribution in [-0.4, -0.2) is 28.0 Å². The predicted octanol–water partition coefficient (Wildman–Crippen LogP) is 4.99. The number of ether oxygens (including phenoxy) is 1. The molecule has 0 saturated heterocycles. The first-order chi connectivity index (χ1) is 16.4. The Labute approximate surface area is 204 Å². The van der Waals surface area contributed by atoms with Gasteiger partial charge >= 0.3 is 5.97 Å². The quantitative estimate of drug-likeness (QED) is 0.289. The molecule has 7 nitrogen and oxygen atoms in total. The molecule has 0 aliphatic heterocycles. The highest BCUT2D eigenvalue weighted by Crippen LogP contribution is 2.31. The van der Waals surface area contributed by atoms with Gasteiger partial charge in [-0.3, -0.25) is 14.2 Å². The molecule has 172 valence electrons. The van der Waals surface area contributed by atoms with Crippen LogP contribution < -0.4 is 10.9 Å². The molecule has 0 spiro atoms. The van der Waals surface area contributed by atoms with Gasteiger partial charge in [0.25, 0.3) is 5.56 Å². The van der Waals surface area contributed by atoms with Crippen LogP contribution in [0.2, 0.25) is 5.02 Å². The maximum absolute atomic E-state index is 13.1. The zero-order chi connectivity index (χ0) is 24.1. The lowest BCUT2D eigenvalue weighted by molar-refractivity contribution is -0.137. The fourth-order valence-corrected chi connectivity index (χ4v) is 4.34. The maximum Gasteiger partial charge on any atom is 0.330 e. The third kappa shape index (κ3) is 5.41. The van der Waals surface area contributed by atoms with Crippen molar-refractivity contribution in [3.05, 3.63) is 87.3 Å². The average Bonchev–Trinajstić information content (AvgIpc) is 3.26. The van der Waals surface area contributed by atoms with Crippen LogP contribution in [0.3, 0.4) is 0 Å². The second kappa shape index (κ2) is 10.5. The molecule has 0 atom stereocenters. The summed E-state index contributed by atoms with van der Waals surface area (Å²) in [6.45, 7) is 1.88. The molecule has 1 N–H and O–H groups in total. The van der Waals surface area contributed by atoms with Crippen molar-refractivity contribution in [1.29, 1.82) is 0 Å². The third-order valence-corrected chi connectivity index (χ3v) is 6.06. The highest BCUT2D eigenvalue weighted by atomic mass is 35.5. The van der Waals surface area contributed by atoms with E-state index in [0.717, 1.165) is 16.7 Å². The lowest BCUT2D eigenvalue weighted by Crippen LogP contribution is -2.27. The number of carbonyl (C=O) groups excluding carboxylic acids is 2. The predicted molar refractivity (Wildman–Crippen MR) is 135 cm³/mol. The number of benzene rings is 2. The van der Waals surface area contributed by atoms with Gasteiger partial charge < -0.3 is 10.1 Å². The van der Waals surface area contributed by atoms with Crippen molar-refractivity contribution < 1.29 is 14.3 Å². The van der Waals surface area contributed by atoms with Gasteiger partial charge in [0.15, 0.2) is 0 Å². The van der Waals surface area contributed by atoms with E-state index in [0.29, 0.717) is 27.5 Å². The van der Waals surface area contributed by atoms with Gasteiger partial charge in [-0.15, -0.1) is 11.3 Å². The normalized spacial score (nSPS) is 11.1. The maximum atomic E-state index is 13.1. The highest BCUT2D eigenvalue weighted by molar-refractivity contribution is 7.17. The summed E-state index contributed by atoms with van der Waals surface area (Å²) in [6, 6.07) is 14.2. The first kappa shape index (κ1) is 23.4. The molecule has 0 bridgehead atoms. The molecule has 1 amide bonds. The molecule has 0 unspecified atom stereocenters. The molecule has 0 aliphatic carbocycles. The van der Waals surface area contributed by atoms with E-state index in [-0.39, 0.29) is 18.0 Å². The molecular weight excluding hydrogens is 474 g/mol. The molecule has 2 aromatic heterocycles. The first-order valence-corrected chi connectivity index (χ1v) is 11.7. The molecule has 0 aliphatic rings. The Morgan fingerprint density at radius 2 is 1.88 bits per heavy atom. The number of hydrogen-bond donors (Lipinski definition) is 1. The average molecular weight is 494 g/mol. The molecule has 9 heteroatoms. The summed E-state index contributed by atoms with van der Waals surface area (Å²) in [5, 5.41) is 5.73. The minimum atomic E-state index is -0.416. The van der Waals surface area contributed by atoms with Crippen LogP contribution >= 0.6 is 22.9 Å². The summed E-state index contributed by atoms with van der Waals surface area (Å²) >= 11 is 7.35. The molecule has 0 saturated carbocycles. The summed E-state index contributed by atoms with van der Waals surface area (Å²) in [6.07, 6.45) is 4.36. The minimum Gasteiger partial charge on any atom is -0.463 e. The fraction of sp³-hybridized carbons (Fsp3) is 0.120. The number of amides is 1. The van der Waals surface area contributed by atoms with E-state index in [1.54, 1.807) is 49.4 Å². The van der Waals surface area contributed by atoms with Gasteiger partial charge in [-0.2, -0.15) is 0 Å². The number of thiophene rings is 1. The molecular formula is C25H20ClN3O4S. The third-order valence-electron chi connectivity index (χ3n) is 4.92. The van der Waals surface area contributed by atoms with Gasteiger partial charge in [0.05, 0.1) is 18.3 Å². The Bertz CT molecular complexity index is 1420. The second-order valence-corrected chi connectivity index (χ2v) is 8.56. The van der Waals surface area contributed by atoms with Gasteiger partial charge in [0, 0.05) is 27.7 Å². The number of nitrogens with one attached hydrogen (secondary N) is 1. The summed E-state index contributed by atoms with van der Waals surface area (Å²) in [4.78, 5) is 42.1. The number of halogens is 1. The number of hydrogen-bond acceptors (Lipinski definition) is 6. The smallest absolute Gasteiger partial charge is 0.330 e. The van der Waals surface area contributed by atoms with Crippen LogP contribution in [0.1, 0.15) is 12.5 Å². The number of carbonyl (C=O) groups is 2. The Hall–Kier alpha value is -3.75. The molecule has 2 aromatic carbocycles. The summed E-state index contributed by atoms with van der Waals surface area (Å²) < 4.78 is 6.14. The highest BCUT2D eigenvalue weighted by Gasteiger charge is 2.15. The molecule has 2 heterocycles. The van der Waals surface area contributed by atoms with Crippen LogP contribution in [0.5, 0.6) is 0 Å². The molecule has 4 aromatic rings. The van der Waals surface area contributed by atoms with E-state index in [1.807, 2.05) is 17.5 Å². The van der Waals surface area contributed by atoms with Crippen LogP contribution in [0.25, 0.3) is 27.4 Å². The van der Waals surface area contributed by atoms with Crippen molar-refractivity contribution in [3.8, 4) is 11.1 Å². The fourth-order valence-electron chi connectivity index (χ4n) is 3.31. The Morgan fingerprint density at radius 1 is 1.15 bits per heavy atom. The number of rotatable bonds is 7. The summed E-state index contributed by atoms with van der Waals surface area (Å²) in [5.74, 6) is -0.776. The Kier molecular flexibility index (Phi) is 7.20. The van der Waals surface area contributed by atoms with Crippen molar-refractivity contribution >= 4 is 56.8 Å². The summed E-state index contributed by atoms with van der Waals surface area (Å²) in [5.41, 5.74) is 2.68. The van der Waals surface area contributed by atoms with E-state index >= 15 is 0 Å². The monoisotopic (exact) mass is 493 g/mol. The standard InChI is InChI=1S/C25H20ClN3O4S/c1-2-33-22(31)12-5-16-3-10-19(11-4-16)28-21(30)13-29-15-27-24-23(25(29)32)20(14-34-24)17-6-8-18(26)9-7-17/h3-12,14-15H,2,13H2,1H3,(H,28,30)/b12-5+. The van der Waals surface area contributed by atoms with Crippen LogP contribution in [0.4, 0.5) is 5.69 Å². The van der Waals surface area contributed by atoms with Crippen molar-refractivity contribution in [2.45, 2.75) is 13.5 Å². The van der Waals surface area contributed by atoms with Gasteiger partial charge in [-0.25, -0.2) is 9.78 Å². The van der Waals surface area contributed by atoms with Crippen molar-refractivity contribution in [2.75, 3.05) is 11.9 Å². The van der Waals surface area contributed by atoms with E-state index in [9.17, 15) is 14.4 Å². The van der Waals surface area contributed by atoms with Crippen LogP contribution in [0.15, 0.2) is 71.1 Å². The van der Waals surface area contributed by atoms with E-state index in [2.05, 4.69) is 10.3 Å². The van der Waals surface area contributed by atoms with Crippen molar-refractivity contribution in [3.63, 3.8) is 0 Å². The number of anilines is 1. The van der Waals surface area contributed by atoms with Crippen molar-refractivity contribution in [1.82, 2.24) is 9.55 Å². The molecule has 4 rings (SSSR count). The number of esters is 1. The van der Waals surface area contributed by atoms with Crippen LogP contribution in [-0.2, 0) is 20.9 Å². The molecule has 0 radical (unpaired) electrons. The zero-order valence-corrected chi connectivity index (χ0v) is 19.7. The van der Waals surface area contributed by atoms with Gasteiger partial charge in [0.2, 0.25) is 5.91 Å². The minimum absolute atomic E-state index is 0.178. The Balaban J connectivity index is 1.48. The van der Waals surface area contributed by atoms with Gasteiger partial charge in [-0.05, 0) is 48.4 Å². The van der Waals surface area contributed by atoms with Crippen molar-refractivity contribution in [2.24, 2.45) is 0 Å². The lowest BCUT2D eigenvalue weighted by atomic mass is 10.1. The first-order valence-electron chi connectivity index (χ1n) is 10.4.